The van der Waals surface area contributed by atoms with E-state index in [-0.39, 0.29) is 24.0 Å². The Morgan fingerprint density at radius 1 is 1.22 bits per heavy atom. The van der Waals surface area contributed by atoms with Crippen LogP contribution in [-0.2, 0) is 14.3 Å². The second-order valence-electron chi connectivity index (χ2n) is 6.54. The number of morpholine rings is 2. The van der Waals surface area contributed by atoms with Crippen molar-refractivity contribution in [2.24, 2.45) is 5.92 Å². The molecule has 0 unspecified atom stereocenters. The highest BCUT2D eigenvalue weighted by Gasteiger charge is 2.46. The molecule has 1 amide bonds. The first-order valence-corrected chi connectivity index (χ1v) is 8.26. The van der Waals surface area contributed by atoms with E-state index in [0.717, 1.165) is 24.5 Å². The molecule has 0 radical (unpaired) electrons. The average Bonchev–Trinajstić information content (AvgIpc) is 2.89. The second-order valence-corrected chi connectivity index (χ2v) is 6.54. The summed E-state index contributed by atoms with van der Waals surface area (Å²) >= 11 is 0. The molecule has 23 heavy (non-hydrogen) atoms. The van der Waals surface area contributed by atoms with E-state index in [9.17, 15) is 4.79 Å². The van der Waals surface area contributed by atoms with Crippen molar-refractivity contribution in [2.45, 2.75) is 25.6 Å². The highest BCUT2D eigenvalue weighted by Crippen LogP contribution is 2.34. The van der Waals surface area contributed by atoms with Gasteiger partial charge in [0.15, 0.2) is 0 Å². The Labute approximate surface area is 135 Å². The zero-order chi connectivity index (χ0) is 15.8. The fourth-order valence-corrected chi connectivity index (χ4v) is 3.65. The van der Waals surface area contributed by atoms with Crippen LogP contribution in [0.2, 0.25) is 0 Å². The van der Waals surface area contributed by atoms with Crippen LogP contribution < -0.4 is 4.90 Å². The second kappa shape index (κ2) is 6.05. The van der Waals surface area contributed by atoms with Crippen LogP contribution >= 0.6 is 0 Å². The predicted octanol–water partition coefficient (Wildman–Crippen LogP) is 0.238. The molecule has 1 aromatic rings. The van der Waals surface area contributed by atoms with Crippen LogP contribution in [0.25, 0.3) is 0 Å². The quantitative estimate of drug-likeness (QED) is 0.778. The van der Waals surface area contributed by atoms with Crippen LogP contribution in [0.4, 0.5) is 5.95 Å². The Balaban J connectivity index is 1.45. The Bertz CT molecular complexity index is 573. The highest BCUT2D eigenvalue weighted by molar-refractivity contribution is 5.80. The summed E-state index contributed by atoms with van der Waals surface area (Å²) in [5.74, 6) is 0.898. The number of aromatic nitrogens is 2. The summed E-state index contributed by atoms with van der Waals surface area (Å²) in [5, 5.41) is 0. The molecule has 3 atom stereocenters. The van der Waals surface area contributed by atoms with Crippen LogP contribution in [0.3, 0.4) is 0 Å². The number of amides is 1. The fraction of sp³-hybridized carbons (Fsp3) is 0.688. The van der Waals surface area contributed by atoms with Gasteiger partial charge in [-0.3, -0.25) is 4.79 Å². The maximum atomic E-state index is 12.8. The minimum atomic E-state index is -0.0611. The summed E-state index contributed by atoms with van der Waals surface area (Å²) in [7, 11) is 0. The van der Waals surface area contributed by atoms with Crippen molar-refractivity contribution in [2.75, 3.05) is 44.3 Å². The van der Waals surface area contributed by atoms with E-state index in [1.807, 2.05) is 24.2 Å². The van der Waals surface area contributed by atoms with E-state index >= 15 is 0 Å². The highest BCUT2D eigenvalue weighted by atomic mass is 16.5. The molecule has 3 saturated heterocycles. The first-order valence-electron chi connectivity index (χ1n) is 8.26. The number of nitrogens with zero attached hydrogens (tertiary/aromatic N) is 4. The Hall–Kier alpha value is -1.73. The lowest BCUT2D eigenvalue weighted by Gasteiger charge is -2.34. The van der Waals surface area contributed by atoms with Gasteiger partial charge in [-0.2, -0.15) is 0 Å². The molecule has 7 heteroatoms. The van der Waals surface area contributed by atoms with E-state index in [1.54, 1.807) is 0 Å². The molecular weight excluding hydrogens is 296 g/mol. The predicted molar refractivity (Wildman–Crippen MR) is 83.1 cm³/mol. The van der Waals surface area contributed by atoms with Gasteiger partial charge in [0.2, 0.25) is 11.9 Å². The lowest BCUT2D eigenvalue weighted by atomic mass is 9.98. The van der Waals surface area contributed by atoms with Gasteiger partial charge in [0.25, 0.3) is 0 Å². The molecule has 2 bridgehead atoms. The first kappa shape index (κ1) is 14.8. The third-order valence-corrected chi connectivity index (χ3v) is 4.85. The summed E-state index contributed by atoms with van der Waals surface area (Å²) < 4.78 is 11.4. The van der Waals surface area contributed by atoms with Crippen molar-refractivity contribution < 1.29 is 14.3 Å². The summed E-state index contributed by atoms with van der Waals surface area (Å²) in [4.78, 5) is 25.6. The number of anilines is 1. The van der Waals surface area contributed by atoms with Gasteiger partial charge < -0.3 is 19.3 Å². The molecule has 4 heterocycles. The van der Waals surface area contributed by atoms with Crippen LogP contribution in [-0.4, -0.2) is 72.4 Å². The van der Waals surface area contributed by atoms with Crippen molar-refractivity contribution in [1.82, 2.24) is 14.9 Å². The molecule has 3 aliphatic heterocycles. The summed E-state index contributed by atoms with van der Waals surface area (Å²) in [6, 6.07) is 0. The topological polar surface area (TPSA) is 67.8 Å². The van der Waals surface area contributed by atoms with Crippen LogP contribution in [0.15, 0.2) is 12.4 Å². The molecule has 1 aromatic heterocycles. The molecular formula is C16H22N4O3. The number of aryl methyl sites for hydroxylation is 1. The molecule has 4 rings (SSSR count). The Kier molecular flexibility index (Phi) is 3.90. The zero-order valence-corrected chi connectivity index (χ0v) is 13.4. The number of carbonyl (C=O) groups is 1. The summed E-state index contributed by atoms with van der Waals surface area (Å²) in [6.45, 7) is 6.07. The van der Waals surface area contributed by atoms with E-state index in [0.29, 0.717) is 32.8 Å². The molecule has 0 saturated carbocycles. The van der Waals surface area contributed by atoms with Crippen molar-refractivity contribution in [3.63, 3.8) is 0 Å². The van der Waals surface area contributed by atoms with Crippen molar-refractivity contribution in [3.8, 4) is 0 Å². The number of hydrogen-bond acceptors (Lipinski definition) is 6. The fourth-order valence-electron chi connectivity index (χ4n) is 3.65. The monoisotopic (exact) mass is 318 g/mol. The molecule has 3 fully saturated rings. The maximum Gasteiger partial charge on any atom is 0.228 e. The van der Waals surface area contributed by atoms with Gasteiger partial charge in [-0.25, -0.2) is 9.97 Å². The van der Waals surface area contributed by atoms with Gasteiger partial charge in [0.05, 0.1) is 31.3 Å². The van der Waals surface area contributed by atoms with Gasteiger partial charge in [0, 0.05) is 38.6 Å². The number of carbonyl (C=O) groups excluding carboxylic acids is 1. The third-order valence-electron chi connectivity index (χ3n) is 4.85. The smallest absolute Gasteiger partial charge is 0.228 e. The van der Waals surface area contributed by atoms with Crippen LogP contribution in [0.1, 0.15) is 12.0 Å². The van der Waals surface area contributed by atoms with E-state index in [2.05, 4.69) is 14.9 Å². The van der Waals surface area contributed by atoms with E-state index in [4.69, 9.17) is 9.47 Å². The molecule has 0 aromatic carbocycles. The lowest BCUT2D eigenvalue weighted by molar-refractivity contribution is -0.141. The van der Waals surface area contributed by atoms with Crippen LogP contribution in [0, 0.1) is 12.8 Å². The minimum absolute atomic E-state index is 0.0476. The van der Waals surface area contributed by atoms with Gasteiger partial charge in [-0.15, -0.1) is 0 Å². The molecule has 0 N–H and O–H groups in total. The van der Waals surface area contributed by atoms with Crippen molar-refractivity contribution in [3.05, 3.63) is 18.0 Å². The standard InChI is InChI=1S/C16H22N4O3/c1-11-7-17-16(18-8-11)20-9-12-6-13(14(10-20)23-12)15(21)19-2-4-22-5-3-19/h7-8,12-14H,2-6,9-10H2,1H3/t12-,13-,14-/m1/s1. The number of ether oxygens (including phenoxy) is 2. The molecule has 0 spiro atoms. The summed E-state index contributed by atoms with van der Waals surface area (Å²) in [5.41, 5.74) is 1.05. The van der Waals surface area contributed by atoms with Gasteiger partial charge in [-0.1, -0.05) is 0 Å². The minimum Gasteiger partial charge on any atom is -0.378 e. The number of fused-ring (bicyclic) bond motifs is 2. The van der Waals surface area contributed by atoms with E-state index in [1.165, 1.54) is 0 Å². The normalized spacial score (nSPS) is 30.6. The molecule has 124 valence electrons. The van der Waals surface area contributed by atoms with Crippen LogP contribution in [0.5, 0.6) is 0 Å². The Morgan fingerprint density at radius 3 is 2.70 bits per heavy atom. The molecule has 0 aliphatic carbocycles. The molecule has 3 aliphatic rings. The first-order chi connectivity index (χ1) is 11.2. The van der Waals surface area contributed by atoms with Gasteiger partial charge >= 0.3 is 0 Å². The maximum absolute atomic E-state index is 12.8. The SMILES string of the molecule is Cc1cnc(N2C[C@H]3C[C@@H](C(=O)N4CCOCC4)[C@@H](C2)O3)nc1. The van der Waals surface area contributed by atoms with Gasteiger partial charge in [-0.05, 0) is 18.9 Å². The average molecular weight is 318 g/mol. The van der Waals surface area contributed by atoms with Crippen molar-refractivity contribution >= 4 is 11.9 Å². The third kappa shape index (κ3) is 2.90. The number of hydrogen-bond donors (Lipinski definition) is 0. The van der Waals surface area contributed by atoms with Crippen molar-refractivity contribution in [1.29, 1.82) is 0 Å². The molecule has 7 nitrogen and oxygen atoms in total. The Morgan fingerprint density at radius 2 is 1.96 bits per heavy atom. The summed E-state index contributed by atoms with van der Waals surface area (Å²) in [6.07, 6.45) is 4.48. The van der Waals surface area contributed by atoms with E-state index < -0.39 is 0 Å². The lowest BCUT2D eigenvalue weighted by Crippen LogP contribution is -2.48. The largest absolute Gasteiger partial charge is 0.378 e. The van der Waals surface area contributed by atoms with Gasteiger partial charge in [0.1, 0.15) is 0 Å². The zero-order valence-electron chi connectivity index (χ0n) is 13.4. The number of rotatable bonds is 2.